The maximum atomic E-state index is 13.0. The number of halogens is 1. The highest BCUT2D eigenvalue weighted by Crippen LogP contribution is 2.28. The first-order chi connectivity index (χ1) is 13.4. The topological polar surface area (TPSA) is 62.3 Å². The summed E-state index contributed by atoms with van der Waals surface area (Å²) in [6.07, 6.45) is 5.66. The lowest BCUT2D eigenvalue weighted by molar-refractivity contribution is 0.0608. The minimum Gasteiger partial charge on any atom is -0.336 e. The molecule has 3 rings (SSSR count). The number of rotatable bonds is 4. The Balaban J connectivity index is 1.81. The zero-order valence-corrected chi connectivity index (χ0v) is 17.3. The number of carbonyl (C=O) groups is 2. The zero-order chi connectivity index (χ0) is 20.3. The van der Waals surface area contributed by atoms with Crippen molar-refractivity contribution in [3.05, 3.63) is 57.9 Å². The Morgan fingerprint density at radius 2 is 2.04 bits per heavy atom. The summed E-state index contributed by atoms with van der Waals surface area (Å²) in [5, 5.41) is 3.31. The molecule has 148 valence electrons. The van der Waals surface area contributed by atoms with E-state index in [-0.39, 0.29) is 23.6 Å². The number of hydrogen-bond acceptors (Lipinski definition) is 3. The first-order valence-electron chi connectivity index (χ1n) is 9.75. The lowest BCUT2D eigenvalue weighted by Gasteiger charge is -2.35. The molecule has 1 aliphatic heterocycles. The molecule has 2 aromatic rings. The molecule has 1 aromatic carbocycles. The van der Waals surface area contributed by atoms with Gasteiger partial charge in [0, 0.05) is 24.3 Å². The maximum Gasteiger partial charge on any atom is 0.274 e. The van der Waals surface area contributed by atoms with Gasteiger partial charge in [0.1, 0.15) is 5.69 Å². The van der Waals surface area contributed by atoms with Gasteiger partial charge in [-0.2, -0.15) is 0 Å². The van der Waals surface area contributed by atoms with Crippen LogP contribution in [0.25, 0.3) is 0 Å². The predicted octanol–water partition coefficient (Wildman–Crippen LogP) is 5.01. The summed E-state index contributed by atoms with van der Waals surface area (Å²) in [5.74, 6) is -0.415. The molecule has 1 aliphatic rings. The maximum absolute atomic E-state index is 13.0. The van der Waals surface area contributed by atoms with Crippen molar-refractivity contribution in [2.75, 3.05) is 11.9 Å². The Morgan fingerprint density at radius 1 is 1.25 bits per heavy atom. The van der Waals surface area contributed by atoms with Crippen LogP contribution in [0, 0.1) is 13.8 Å². The number of piperidine rings is 1. The molecule has 1 fully saturated rings. The summed E-state index contributed by atoms with van der Waals surface area (Å²) >= 11 is 6.29. The van der Waals surface area contributed by atoms with Crippen molar-refractivity contribution in [1.29, 1.82) is 0 Å². The normalized spacial score (nSPS) is 16.7. The van der Waals surface area contributed by atoms with Crippen LogP contribution in [0.4, 0.5) is 5.69 Å². The van der Waals surface area contributed by atoms with Crippen molar-refractivity contribution >= 4 is 29.1 Å². The number of hydrogen-bond donors (Lipinski definition) is 1. The number of aryl methyl sites for hydroxylation is 2. The highest BCUT2D eigenvalue weighted by molar-refractivity contribution is 6.34. The van der Waals surface area contributed by atoms with Crippen LogP contribution in [-0.4, -0.2) is 34.3 Å². The fourth-order valence-corrected chi connectivity index (χ4v) is 4.17. The van der Waals surface area contributed by atoms with E-state index in [2.05, 4.69) is 17.2 Å². The third-order valence-electron chi connectivity index (χ3n) is 5.27. The molecular weight excluding hydrogens is 374 g/mol. The fraction of sp³-hybridized carbons (Fsp3) is 0.409. The summed E-state index contributed by atoms with van der Waals surface area (Å²) in [4.78, 5) is 31.8. The van der Waals surface area contributed by atoms with Gasteiger partial charge in [-0.05, 0) is 68.9 Å². The molecule has 0 aliphatic carbocycles. The van der Waals surface area contributed by atoms with Gasteiger partial charge in [0.2, 0.25) is 0 Å². The number of likely N-dealkylation sites (tertiary alicyclic amines) is 1. The zero-order valence-electron chi connectivity index (χ0n) is 16.6. The van der Waals surface area contributed by atoms with Gasteiger partial charge >= 0.3 is 0 Å². The van der Waals surface area contributed by atoms with Crippen molar-refractivity contribution in [3.8, 4) is 0 Å². The predicted molar refractivity (Wildman–Crippen MR) is 112 cm³/mol. The van der Waals surface area contributed by atoms with Crippen LogP contribution < -0.4 is 5.32 Å². The summed E-state index contributed by atoms with van der Waals surface area (Å²) in [5.41, 5.74) is 3.17. The van der Waals surface area contributed by atoms with Crippen molar-refractivity contribution in [2.24, 2.45) is 0 Å². The number of carbonyl (C=O) groups excluding carboxylic acids is 2. The summed E-state index contributed by atoms with van der Waals surface area (Å²) in [6.45, 7) is 6.71. The summed E-state index contributed by atoms with van der Waals surface area (Å²) in [7, 11) is 0. The highest BCUT2D eigenvalue weighted by Gasteiger charge is 2.26. The average Bonchev–Trinajstić information content (AvgIpc) is 2.70. The Morgan fingerprint density at radius 3 is 2.75 bits per heavy atom. The van der Waals surface area contributed by atoms with Crippen LogP contribution >= 0.6 is 11.6 Å². The van der Waals surface area contributed by atoms with Gasteiger partial charge in [-0.3, -0.25) is 14.6 Å². The van der Waals surface area contributed by atoms with Gasteiger partial charge in [0.05, 0.1) is 10.7 Å². The number of aromatic nitrogens is 1. The number of pyridine rings is 1. The van der Waals surface area contributed by atoms with E-state index in [1.807, 2.05) is 24.8 Å². The molecule has 2 heterocycles. The number of nitrogens with zero attached hydrogens (tertiary/aromatic N) is 2. The van der Waals surface area contributed by atoms with Gasteiger partial charge in [0.25, 0.3) is 11.8 Å². The molecular formula is C22H26ClN3O2. The summed E-state index contributed by atoms with van der Waals surface area (Å²) in [6, 6.07) is 7.26. The largest absolute Gasteiger partial charge is 0.336 e. The van der Waals surface area contributed by atoms with Crippen LogP contribution in [0.3, 0.4) is 0 Å². The second-order valence-electron chi connectivity index (χ2n) is 7.38. The molecule has 0 bridgehead atoms. The number of amides is 2. The van der Waals surface area contributed by atoms with Crippen molar-refractivity contribution in [3.63, 3.8) is 0 Å². The SMILES string of the molecule is CCC1CCCCN1C(=O)c1ccnc(C(=O)Nc2c(C)cc(C)cc2Cl)c1. The van der Waals surface area contributed by atoms with E-state index in [1.54, 1.807) is 18.2 Å². The van der Waals surface area contributed by atoms with Crippen LogP contribution in [0.2, 0.25) is 5.02 Å². The van der Waals surface area contributed by atoms with Crippen LogP contribution in [0.1, 0.15) is 64.6 Å². The number of anilines is 1. The molecule has 5 nitrogen and oxygen atoms in total. The second-order valence-corrected chi connectivity index (χ2v) is 7.79. The molecule has 0 spiro atoms. The average molecular weight is 400 g/mol. The minimum atomic E-state index is -0.380. The van der Waals surface area contributed by atoms with Crippen LogP contribution in [0.15, 0.2) is 30.5 Å². The van der Waals surface area contributed by atoms with Gasteiger partial charge in [0.15, 0.2) is 0 Å². The second kappa shape index (κ2) is 8.74. The van der Waals surface area contributed by atoms with Crippen molar-refractivity contribution in [1.82, 2.24) is 9.88 Å². The van der Waals surface area contributed by atoms with Crippen molar-refractivity contribution < 1.29 is 9.59 Å². The molecule has 1 saturated heterocycles. The molecule has 28 heavy (non-hydrogen) atoms. The minimum absolute atomic E-state index is 0.0347. The fourth-order valence-electron chi connectivity index (χ4n) is 3.80. The van der Waals surface area contributed by atoms with E-state index in [1.165, 1.54) is 6.20 Å². The monoisotopic (exact) mass is 399 g/mol. The molecule has 1 aromatic heterocycles. The molecule has 1 unspecified atom stereocenters. The van der Waals surface area contributed by atoms with E-state index < -0.39 is 0 Å². The molecule has 0 radical (unpaired) electrons. The smallest absolute Gasteiger partial charge is 0.274 e. The Kier molecular flexibility index (Phi) is 6.35. The van der Waals surface area contributed by atoms with E-state index in [9.17, 15) is 9.59 Å². The summed E-state index contributed by atoms with van der Waals surface area (Å²) < 4.78 is 0. The van der Waals surface area contributed by atoms with Crippen LogP contribution in [-0.2, 0) is 0 Å². The molecule has 6 heteroatoms. The van der Waals surface area contributed by atoms with E-state index >= 15 is 0 Å². The Bertz CT molecular complexity index is 874. The van der Waals surface area contributed by atoms with E-state index in [4.69, 9.17) is 11.6 Å². The molecule has 1 atom stereocenters. The standard InChI is InChI=1S/C22H26ClN3O2/c1-4-17-7-5-6-10-26(17)22(28)16-8-9-24-19(13-16)21(27)25-20-15(3)11-14(2)12-18(20)23/h8-9,11-13,17H,4-7,10H2,1-3H3,(H,25,27). The van der Waals surface area contributed by atoms with E-state index in [0.29, 0.717) is 16.3 Å². The number of nitrogens with one attached hydrogen (secondary N) is 1. The van der Waals surface area contributed by atoms with Gasteiger partial charge in [-0.1, -0.05) is 24.6 Å². The first-order valence-corrected chi connectivity index (χ1v) is 10.1. The van der Waals surface area contributed by atoms with Gasteiger partial charge < -0.3 is 10.2 Å². The van der Waals surface area contributed by atoms with Crippen molar-refractivity contribution in [2.45, 2.75) is 52.5 Å². The number of benzene rings is 1. The first kappa shape index (κ1) is 20.3. The molecule has 0 saturated carbocycles. The van der Waals surface area contributed by atoms with Crippen LogP contribution in [0.5, 0.6) is 0 Å². The lowest BCUT2D eigenvalue weighted by atomic mass is 9.99. The third kappa shape index (κ3) is 4.36. The highest BCUT2D eigenvalue weighted by atomic mass is 35.5. The van der Waals surface area contributed by atoms with E-state index in [0.717, 1.165) is 43.4 Å². The molecule has 1 N–H and O–H groups in total. The Labute approximate surface area is 171 Å². The van der Waals surface area contributed by atoms with Gasteiger partial charge in [-0.25, -0.2) is 0 Å². The van der Waals surface area contributed by atoms with Gasteiger partial charge in [-0.15, -0.1) is 0 Å². The third-order valence-corrected chi connectivity index (χ3v) is 5.57. The Hall–Kier alpha value is -2.40. The molecule has 2 amide bonds. The lowest BCUT2D eigenvalue weighted by Crippen LogP contribution is -2.43. The quantitative estimate of drug-likeness (QED) is 0.786.